The maximum absolute atomic E-state index is 9.58. The third kappa shape index (κ3) is 3.86. The zero-order chi connectivity index (χ0) is 12.1. The van der Waals surface area contributed by atoms with Gasteiger partial charge in [0.2, 0.25) is 0 Å². The molecule has 2 atom stereocenters. The molecule has 2 N–H and O–H groups in total. The van der Waals surface area contributed by atoms with Gasteiger partial charge in [0.15, 0.2) is 0 Å². The zero-order valence-corrected chi connectivity index (χ0v) is 10.6. The van der Waals surface area contributed by atoms with Gasteiger partial charge in [0.1, 0.15) is 11.5 Å². The predicted molar refractivity (Wildman–Crippen MR) is 67.8 cm³/mol. The Bertz CT molecular complexity index is 335. The molecule has 0 bridgehead atoms. The molecular formula is C14H23NO2. The second-order valence-electron chi connectivity index (χ2n) is 5.04. The first kappa shape index (κ1) is 12.7. The molecule has 0 spiro atoms. The summed E-state index contributed by atoms with van der Waals surface area (Å²) in [5.41, 5.74) is 0. The Morgan fingerprint density at radius 3 is 2.88 bits per heavy atom. The summed E-state index contributed by atoms with van der Waals surface area (Å²) in [6.07, 6.45) is 5.21. The van der Waals surface area contributed by atoms with Crippen LogP contribution in [0.3, 0.4) is 0 Å². The number of hydrogen-bond acceptors (Lipinski definition) is 3. The van der Waals surface area contributed by atoms with E-state index >= 15 is 0 Å². The third-order valence-corrected chi connectivity index (χ3v) is 3.55. The van der Waals surface area contributed by atoms with Crippen molar-refractivity contribution >= 4 is 0 Å². The molecule has 0 aromatic carbocycles. The number of furan rings is 1. The highest BCUT2D eigenvalue weighted by Gasteiger charge is 2.19. The van der Waals surface area contributed by atoms with Gasteiger partial charge in [0.25, 0.3) is 0 Å². The maximum atomic E-state index is 9.58. The van der Waals surface area contributed by atoms with E-state index in [0.717, 1.165) is 50.3 Å². The first-order chi connectivity index (χ1) is 8.28. The molecule has 1 aliphatic rings. The molecule has 2 unspecified atom stereocenters. The van der Waals surface area contributed by atoms with Gasteiger partial charge in [-0.25, -0.2) is 0 Å². The minimum atomic E-state index is -0.0779. The molecule has 3 nitrogen and oxygen atoms in total. The van der Waals surface area contributed by atoms with E-state index in [2.05, 4.69) is 12.2 Å². The molecule has 0 radical (unpaired) electrons. The van der Waals surface area contributed by atoms with E-state index in [1.54, 1.807) is 0 Å². The van der Waals surface area contributed by atoms with Crippen LogP contribution in [-0.4, -0.2) is 17.8 Å². The SMILES string of the molecule is CCc1ccc(CNCC2CCCC(O)C2)o1. The standard InChI is InChI=1S/C14H23NO2/c1-2-13-6-7-14(17-13)10-15-9-11-4-3-5-12(16)8-11/h6-7,11-12,15-16H,2-5,8-10H2,1H3. The van der Waals surface area contributed by atoms with E-state index in [0.29, 0.717) is 5.92 Å². The van der Waals surface area contributed by atoms with Gasteiger partial charge in [-0.3, -0.25) is 0 Å². The summed E-state index contributed by atoms with van der Waals surface area (Å²) in [7, 11) is 0. The molecule has 0 aliphatic heterocycles. The van der Waals surface area contributed by atoms with Crippen molar-refractivity contribution < 1.29 is 9.52 Å². The van der Waals surface area contributed by atoms with E-state index in [1.165, 1.54) is 6.42 Å². The van der Waals surface area contributed by atoms with Gasteiger partial charge in [0.05, 0.1) is 12.6 Å². The second kappa shape index (κ2) is 6.22. The zero-order valence-electron chi connectivity index (χ0n) is 10.6. The number of aliphatic hydroxyl groups excluding tert-OH is 1. The van der Waals surface area contributed by atoms with Crippen LogP contribution in [0.4, 0.5) is 0 Å². The summed E-state index contributed by atoms with van der Waals surface area (Å²) in [4.78, 5) is 0. The normalized spacial score (nSPS) is 25.1. The fourth-order valence-corrected chi connectivity index (χ4v) is 2.55. The smallest absolute Gasteiger partial charge is 0.117 e. The van der Waals surface area contributed by atoms with Gasteiger partial charge in [-0.05, 0) is 43.9 Å². The lowest BCUT2D eigenvalue weighted by molar-refractivity contribution is 0.100. The topological polar surface area (TPSA) is 45.4 Å². The van der Waals surface area contributed by atoms with Crippen LogP contribution in [0.2, 0.25) is 0 Å². The number of aryl methyl sites for hydroxylation is 1. The van der Waals surface area contributed by atoms with Crippen molar-refractivity contribution in [1.29, 1.82) is 0 Å². The average Bonchev–Trinajstić information content (AvgIpc) is 2.77. The van der Waals surface area contributed by atoms with Crippen molar-refractivity contribution in [3.8, 4) is 0 Å². The summed E-state index contributed by atoms with van der Waals surface area (Å²) >= 11 is 0. The highest BCUT2D eigenvalue weighted by molar-refractivity contribution is 5.06. The molecule has 2 rings (SSSR count). The molecular weight excluding hydrogens is 214 g/mol. The lowest BCUT2D eigenvalue weighted by Crippen LogP contribution is -2.28. The van der Waals surface area contributed by atoms with Crippen LogP contribution in [0.15, 0.2) is 16.5 Å². The van der Waals surface area contributed by atoms with Gasteiger partial charge in [0, 0.05) is 6.42 Å². The fraction of sp³-hybridized carbons (Fsp3) is 0.714. The molecule has 0 saturated heterocycles. The molecule has 96 valence electrons. The summed E-state index contributed by atoms with van der Waals surface area (Å²) < 4.78 is 5.63. The van der Waals surface area contributed by atoms with Gasteiger partial charge in [-0.15, -0.1) is 0 Å². The molecule has 1 fully saturated rings. The lowest BCUT2D eigenvalue weighted by atomic mass is 9.87. The lowest BCUT2D eigenvalue weighted by Gasteiger charge is -2.25. The molecule has 1 heterocycles. The molecule has 0 amide bonds. The van der Waals surface area contributed by atoms with Crippen LogP contribution in [0.25, 0.3) is 0 Å². The van der Waals surface area contributed by atoms with E-state index < -0.39 is 0 Å². The van der Waals surface area contributed by atoms with Crippen LogP contribution in [-0.2, 0) is 13.0 Å². The van der Waals surface area contributed by atoms with Crippen molar-refractivity contribution in [3.63, 3.8) is 0 Å². The van der Waals surface area contributed by atoms with E-state index in [4.69, 9.17) is 4.42 Å². The minimum absolute atomic E-state index is 0.0779. The van der Waals surface area contributed by atoms with Crippen LogP contribution < -0.4 is 5.32 Å². The summed E-state index contributed by atoms with van der Waals surface area (Å²) in [5, 5.41) is 13.0. The van der Waals surface area contributed by atoms with Crippen molar-refractivity contribution in [2.75, 3.05) is 6.54 Å². The maximum Gasteiger partial charge on any atom is 0.117 e. The summed E-state index contributed by atoms with van der Waals surface area (Å²) in [6.45, 7) is 3.88. The van der Waals surface area contributed by atoms with Crippen molar-refractivity contribution in [1.82, 2.24) is 5.32 Å². The quantitative estimate of drug-likeness (QED) is 0.827. The van der Waals surface area contributed by atoms with E-state index in [1.807, 2.05) is 12.1 Å². The number of nitrogens with one attached hydrogen (secondary N) is 1. The van der Waals surface area contributed by atoms with Crippen molar-refractivity contribution in [3.05, 3.63) is 23.7 Å². The van der Waals surface area contributed by atoms with Gasteiger partial charge >= 0.3 is 0 Å². The highest BCUT2D eigenvalue weighted by Crippen LogP contribution is 2.23. The molecule has 1 aliphatic carbocycles. The Labute approximate surface area is 103 Å². The average molecular weight is 237 g/mol. The summed E-state index contributed by atoms with van der Waals surface area (Å²) in [6, 6.07) is 4.09. The number of rotatable bonds is 5. The van der Waals surface area contributed by atoms with Gasteiger partial charge in [-0.1, -0.05) is 13.3 Å². The molecule has 1 saturated carbocycles. The fourth-order valence-electron chi connectivity index (χ4n) is 2.55. The van der Waals surface area contributed by atoms with Gasteiger partial charge < -0.3 is 14.8 Å². The Hall–Kier alpha value is -0.800. The number of aliphatic hydroxyl groups is 1. The predicted octanol–water partition coefficient (Wildman–Crippen LogP) is 2.48. The Kier molecular flexibility index (Phi) is 4.63. The second-order valence-corrected chi connectivity index (χ2v) is 5.04. The van der Waals surface area contributed by atoms with Crippen LogP contribution >= 0.6 is 0 Å². The van der Waals surface area contributed by atoms with Crippen LogP contribution in [0, 0.1) is 5.92 Å². The monoisotopic (exact) mass is 237 g/mol. The number of hydrogen-bond donors (Lipinski definition) is 2. The van der Waals surface area contributed by atoms with Crippen LogP contribution in [0.1, 0.15) is 44.1 Å². The molecule has 3 heteroatoms. The highest BCUT2D eigenvalue weighted by atomic mass is 16.3. The van der Waals surface area contributed by atoms with E-state index in [-0.39, 0.29) is 6.10 Å². The minimum Gasteiger partial charge on any atom is -0.465 e. The van der Waals surface area contributed by atoms with Crippen molar-refractivity contribution in [2.24, 2.45) is 5.92 Å². The van der Waals surface area contributed by atoms with Crippen LogP contribution in [0.5, 0.6) is 0 Å². The largest absolute Gasteiger partial charge is 0.465 e. The first-order valence-corrected chi connectivity index (χ1v) is 6.74. The molecule has 1 aromatic rings. The Morgan fingerprint density at radius 1 is 1.35 bits per heavy atom. The molecule has 17 heavy (non-hydrogen) atoms. The third-order valence-electron chi connectivity index (χ3n) is 3.55. The molecule has 1 aromatic heterocycles. The first-order valence-electron chi connectivity index (χ1n) is 6.74. The Balaban J connectivity index is 1.68. The Morgan fingerprint density at radius 2 is 2.18 bits per heavy atom. The van der Waals surface area contributed by atoms with E-state index in [9.17, 15) is 5.11 Å². The van der Waals surface area contributed by atoms with Crippen molar-refractivity contribution in [2.45, 2.75) is 51.7 Å². The van der Waals surface area contributed by atoms with Gasteiger partial charge in [-0.2, -0.15) is 0 Å². The summed E-state index contributed by atoms with van der Waals surface area (Å²) in [5.74, 6) is 2.69.